The maximum atomic E-state index is 11.4. The largest absolute Gasteiger partial charge is 0.463 e. The molecule has 0 unspecified atom stereocenters. The van der Waals surface area contributed by atoms with Crippen LogP contribution in [0.4, 0.5) is 4.79 Å². The SMILES string of the molecule is C=C(C)C(=O)OCCNC(=O)NCC(=O)OCCN(CC)CC. The molecule has 0 radical (unpaired) electrons. The molecule has 0 fully saturated rings. The number of rotatable bonds is 11. The Labute approximate surface area is 137 Å². The minimum absolute atomic E-state index is 0.0351. The zero-order valence-electron chi connectivity index (χ0n) is 14.1. The third-order valence-corrected chi connectivity index (χ3v) is 2.93. The lowest BCUT2D eigenvalue weighted by atomic mass is 10.4. The summed E-state index contributed by atoms with van der Waals surface area (Å²) in [6.07, 6.45) is 0. The number of esters is 2. The van der Waals surface area contributed by atoms with Crippen LogP contribution in [0.1, 0.15) is 20.8 Å². The van der Waals surface area contributed by atoms with E-state index in [4.69, 9.17) is 9.47 Å². The van der Waals surface area contributed by atoms with Crippen LogP contribution in [-0.2, 0) is 19.1 Å². The molecule has 2 N–H and O–H groups in total. The number of urea groups is 1. The van der Waals surface area contributed by atoms with Crippen LogP contribution in [0.3, 0.4) is 0 Å². The van der Waals surface area contributed by atoms with Crippen LogP contribution >= 0.6 is 0 Å². The van der Waals surface area contributed by atoms with E-state index in [1.807, 2.05) is 13.8 Å². The number of carbonyl (C=O) groups is 3. The first-order chi connectivity index (χ1) is 10.9. The quantitative estimate of drug-likeness (QED) is 0.321. The molecule has 0 bridgehead atoms. The fraction of sp³-hybridized carbons (Fsp3) is 0.667. The highest BCUT2D eigenvalue weighted by Crippen LogP contribution is 1.90. The van der Waals surface area contributed by atoms with Gasteiger partial charge in [-0.2, -0.15) is 0 Å². The molecule has 8 heteroatoms. The standard InChI is InChI=1S/C15H27N3O5/c1-5-18(6-2)8-10-22-13(19)11-17-15(21)16-7-9-23-14(20)12(3)4/h3,5-11H2,1-2,4H3,(H2,16,17,21). The fourth-order valence-electron chi connectivity index (χ4n) is 1.53. The van der Waals surface area contributed by atoms with E-state index in [9.17, 15) is 14.4 Å². The highest BCUT2D eigenvalue weighted by molar-refractivity contribution is 5.87. The van der Waals surface area contributed by atoms with Crippen LogP contribution in [0.15, 0.2) is 12.2 Å². The van der Waals surface area contributed by atoms with Gasteiger partial charge in [-0.25, -0.2) is 9.59 Å². The molecule has 8 nitrogen and oxygen atoms in total. The monoisotopic (exact) mass is 329 g/mol. The molecule has 0 aromatic rings. The number of amides is 2. The van der Waals surface area contributed by atoms with E-state index in [-0.39, 0.29) is 19.7 Å². The van der Waals surface area contributed by atoms with Gasteiger partial charge in [0.1, 0.15) is 19.8 Å². The topological polar surface area (TPSA) is 97.0 Å². The van der Waals surface area contributed by atoms with Gasteiger partial charge in [0.25, 0.3) is 0 Å². The number of carbonyl (C=O) groups excluding carboxylic acids is 3. The summed E-state index contributed by atoms with van der Waals surface area (Å²) in [6.45, 7) is 11.7. The average molecular weight is 329 g/mol. The number of ether oxygens (including phenoxy) is 2. The van der Waals surface area contributed by atoms with E-state index < -0.39 is 18.0 Å². The summed E-state index contributed by atoms with van der Waals surface area (Å²) in [6, 6.07) is -0.530. The smallest absolute Gasteiger partial charge is 0.333 e. The molecule has 0 saturated carbocycles. The van der Waals surface area contributed by atoms with Crippen molar-refractivity contribution in [2.45, 2.75) is 20.8 Å². The number of nitrogens with one attached hydrogen (secondary N) is 2. The van der Waals surface area contributed by atoms with Crippen molar-refractivity contribution in [2.24, 2.45) is 0 Å². The maximum Gasteiger partial charge on any atom is 0.333 e. The summed E-state index contributed by atoms with van der Waals surface area (Å²) in [5.41, 5.74) is 0.293. The van der Waals surface area contributed by atoms with Crippen molar-refractivity contribution in [1.82, 2.24) is 15.5 Å². The molecule has 0 atom stereocenters. The zero-order valence-corrected chi connectivity index (χ0v) is 14.1. The lowest BCUT2D eigenvalue weighted by Crippen LogP contribution is -2.40. The number of nitrogens with zero attached hydrogens (tertiary/aromatic N) is 1. The number of hydrogen-bond donors (Lipinski definition) is 2. The molecule has 0 aromatic heterocycles. The molecule has 0 aliphatic heterocycles. The maximum absolute atomic E-state index is 11.4. The average Bonchev–Trinajstić information content (AvgIpc) is 2.53. The van der Waals surface area contributed by atoms with Gasteiger partial charge >= 0.3 is 18.0 Å². The van der Waals surface area contributed by atoms with Gasteiger partial charge in [-0.1, -0.05) is 20.4 Å². The Bertz CT molecular complexity index is 408. The van der Waals surface area contributed by atoms with Crippen LogP contribution in [0.25, 0.3) is 0 Å². The Morgan fingerprint density at radius 2 is 1.70 bits per heavy atom. The van der Waals surface area contributed by atoms with Gasteiger partial charge < -0.3 is 25.0 Å². The van der Waals surface area contributed by atoms with E-state index >= 15 is 0 Å². The lowest BCUT2D eigenvalue weighted by molar-refractivity contribution is -0.142. The number of likely N-dealkylation sites (N-methyl/N-ethyl adjacent to an activating group) is 1. The normalized spacial score (nSPS) is 10.1. The van der Waals surface area contributed by atoms with Crippen molar-refractivity contribution in [3.05, 3.63) is 12.2 Å². The molecular weight excluding hydrogens is 302 g/mol. The highest BCUT2D eigenvalue weighted by Gasteiger charge is 2.08. The molecule has 132 valence electrons. The first-order valence-corrected chi connectivity index (χ1v) is 7.63. The molecule has 0 heterocycles. The Hall–Kier alpha value is -2.09. The van der Waals surface area contributed by atoms with Gasteiger partial charge in [0.2, 0.25) is 0 Å². The van der Waals surface area contributed by atoms with Crippen LogP contribution in [0.2, 0.25) is 0 Å². The summed E-state index contributed by atoms with van der Waals surface area (Å²) < 4.78 is 9.81. The van der Waals surface area contributed by atoms with E-state index in [2.05, 4.69) is 22.1 Å². The Balaban J connectivity index is 3.66. The first-order valence-electron chi connectivity index (χ1n) is 7.63. The predicted molar refractivity (Wildman–Crippen MR) is 85.9 cm³/mol. The summed E-state index contributed by atoms with van der Waals surface area (Å²) >= 11 is 0. The molecular formula is C15H27N3O5. The molecule has 0 spiro atoms. The van der Waals surface area contributed by atoms with Crippen molar-refractivity contribution < 1.29 is 23.9 Å². The van der Waals surface area contributed by atoms with Gasteiger partial charge in [-0.05, 0) is 20.0 Å². The van der Waals surface area contributed by atoms with Crippen LogP contribution < -0.4 is 10.6 Å². The van der Waals surface area contributed by atoms with E-state index in [1.54, 1.807) is 0 Å². The molecule has 23 heavy (non-hydrogen) atoms. The Morgan fingerprint density at radius 1 is 1.04 bits per heavy atom. The van der Waals surface area contributed by atoms with Crippen molar-refractivity contribution >= 4 is 18.0 Å². The van der Waals surface area contributed by atoms with Crippen LogP contribution in [0, 0.1) is 0 Å². The summed E-state index contributed by atoms with van der Waals surface area (Å²) in [5, 5.41) is 4.82. The number of hydrogen-bond acceptors (Lipinski definition) is 6. The van der Waals surface area contributed by atoms with E-state index in [0.29, 0.717) is 18.7 Å². The first kappa shape index (κ1) is 20.9. The zero-order chi connectivity index (χ0) is 17.7. The minimum atomic E-state index is -0.530. The van der Waals surface area contributed by atoms with Gasteiger partial charge in [0.05, 0.1) is 6.54 Å². The predicted octanol–water partition coefficient (Wildman–Crippen LogP) is 0.290. The molecule has 0 aliphatic carbocycles. The van der Waals surface area contributed by atoms with Crippen molar-refractivity contribution in [3.63, 3.8) is 0 Å². The summed E-state index contributed by atoms with van der Waals surface area (Å²) in [5.74, 6) is -1.01. The second-order valence-corrected chi connectivity index (χ2v) is 4.77. The molecule has 2 amide bonds. The third-order valence-electron chi connectivity index (χ3n) is 2.93. The van der Waals surface area contributed by atoms with Gasteiger partial charge in [0.15, 0.2) is 0 Å². The highest BCUT2D eigenvalue weighted by atomic mass is 16.5. The summed E-state index contributed by atoms with van der Waals surface area (Å²) in [4.78, 5) is 36.0. The van der Waals surface area contributed by atoms with Crippen LogP contribution in [0.5, 0.6) is 0 Å². The van der Waals surface area contributed by atoms with Gasteiger partial charge in [0, 0.05) is 12.1 Å². The van der Waals surface area contributed by atoms with Gasteiger partial charge in [-0.15, -0.1) is 0 Å². The third kappa shape index (κ3) is 11.2. The minimum Gasteiger partial charge on any atom is -0.463 e. The van der Waals surface area contributed by atoms with Crippen molar-refractivity contribution in [2.75, 3.05) is 45.9 Å². The molecule has 0 aliphatic rings. The molecule has 0 rings (SSSR count). The Kier molecular flexibility index (Phi) is 11.3. The van der Waals surface area contributed by atoms with Crippen molar-refractivity contribution in [3.8, 4) is 0 Å². The van der Waals surface area contributed by atoms with E-state index in [1.165, 1.54) is 6.92 Å². The van der Waals surface area contributed by atoms with Gasteiger partial charge in [-0.3, -0.25) is 4.79 Å². The molecule has 0 aromatic carbocycles. The fourth-order valence-corrected chi connectivity index (χ4v) is 1.53. The lowest BCUT2D eigenvalue weighted by Gasteiger charge is -2.17. The summed E-state index contributed by atoms with van der Waals surface area (Å²) in [7, 11) is 0. The second kappa shape index (κ2) is 12.5. The van der Waals surface area contributed by atoms with Crippen molar-refractivity contribution in [1.29, 1.82) is 0 Å². The van der Waals surface area contributed by atoms with Crippen LogP contribution in [-0.4, -0.2) is 68.8 Å². The van der Waals surface area contributed by atoms with E-state index in [0.717, 1.165) is 13.1 Å². The second-order valence-electron chi connectivity index (χ2n) is 4.77. The molecule has 0 saturated heterocycles. The Morgan fingerprint density at radius 3 is 2.26 bits per heavy atom.